The molecule has 0 spiro atoms. The molecule has 1 nitrogen and oxygen atoms in total. The van der Waals surface area contributed by atoms with Gasteiger partial charge in [0, 0.05) is 11.1 Å². The zero-order valence-electron chi connectivity index (χ0n) is 11.3. The van der Waals surface area contributed by atoms with Crippen molar-refractivity contribution >= 4 is 0 Å². The molecule has 0 aliphatic carbocycles. The molecule has 0 bridgehead atoms. The summed E-state index contributed by atoms with van der Waals surface area (Å²) >= 11 is 0. The van der Waals surface area contributed by atoms with E-state index in [1.807, 2.05) is 0 Å². The Bertz CT molecular complexity index is 674. The van der Waals surface area contributed by atoms with E-state index in [0.29, 0.717) is 11.1 Å². The van der Waals surface area contributed by atoms with Gasteiger partial charge in [0.25, 0.3) is 0 Å². The minimum Gasteiger partial charge on any atom is -0.389 e. The zero-order valence-corrected chi connectivity index (χ0v) is 11.3. The lowest BCUT2D eigenvalue weighted by Gasteiger charge is -2.05. The molecule has 0 unspecified atom stereocenters. The highest BCUT2D eigenvalue weighted by molar-refractivity contribution is 5.44. The van der Waals surface area contributed by atoms with E-state index in [1.54, 1.807) is 31.2 Å². The summed E-state index contributed by atoms with van der Waals surface area (Å²) in [6, 6.07) is 11.8. The van der Waals surface area contributed by atoms with Gasteiger partial charge in [0.15, 0.2) is 0 Å². The van der Waals surface area contributed by atoms with Crippen molar-refractivity contribution in [2.24, 2.45) is 0 Å². The molecular formula is C17H13F3O. The van der Waals surface area contributed by atoms with E-state index < -0.39 is 17.8 Å². The highest BCUT2D eigenvalue weighted by Gasteiger charge is 2.29. The molecule has 0 fully saturated rings. The predicted molar refractivity (Wildman–Crippen MR) is 74.5 cm³/mol. The normalized spacial score (nSPS) is 12.4. The molecule has 1 atom stereocenters. The van der Waals surface area contributed by atoms with Crippen molar-refractivity contribution in [3.63, 3.8) is 0 Å². The summed E-state index contributed by atoms with van der Waals surface area (Å²) in [7, 11) is 0. The lowest BCUT2D eigenvalue weighted by atomic mass is 10.1. The third kappa shape index (κ3) is 4.11. The largest absolute Gasteiger partial charge is 0.416 e. The first-order valence-electron chi connectivity index (χ1n) is 6.33. The van der Waals surface area contributed by atoms with Crippen molar-refractivity contribution in [1.82, 2.24) is 0 Å². The summed E-state index contributed by atoms with van der Waals surface area (Å²) in [6.07, 6.45) is -4.92. The first-order chi connectivity index (χ1) is 9.86. The third-order valence-corrected chi connectivity index (χ3v) is 2.93. The van der Waals surface area contributed by atoms with Gasteiger partial charge in [0.05, 0.1) is 11.7 Å². The molecule has 0 aromatic heterocycles. The Labute approximate surface area is 121 Å². The van der Waals surface area contributed by atoms with Crippen molar-refractivity contribution in [2.75, 3.05) is 0 Å². The Morgan fingerprint density at radius 3 is 2.14 bits per heavy atom. The van der Waals surface area contributed by atoms with Crippen molar-refractivity contribution in [2.45, 2.75) is 19.2 Å². The van der Waals surface area contributed by atoms with Gasteiger partial charge in [0.2, 0.25) is 0 Å². The maximum absolute atomic E-state index is 12.4. The second-order valence-electron chi connectivity index (χ2n) is 4.63. The summed E-state index contributed by atoms with van der Waals surface area (Å²) in [5, 5.41) is 9.49. The maximum Gasteiger partial charge on any atom is 0.416 e. The minimum atomic E-state index is -4.34. The fourth-order valence-corrected chi connectivity index (χ4v) is 1.76. The maximum atomic E-state index is 12.4. The summed E-state index contributed by atoms with van der Waals surface area (Å²) in [5.74, 6) is 5.68. The molecule has 0 aliphatic rings. The minimum absolute atomic E-state index is 0.505. The molecule has 0 saturated carbocycles. The number of halogens is 3. The zero-order chi connectivity index (χ0) is 15.5. The van der Waals surface area contributed by atoms with Gasteiger partial charge < -0.3 is 5.11 Å². The van der Waals surface area contributed by atoms with Crippen LogP contribution in [0, 0.1) is 11.8 Å². The monoisotopic (exact) mass is 290 g/mol. The van der Waals surface area contributed by atoms with E-state index in [-0.39, 0.29) is 0 Å². The average molecular weight is 290 g/mol. The molecule has 0 radical (unpaired) electrons. The number of benzene rings is 2. The van der Waals surface area contributed by atoms with Crippen molar-refractivity contribution in [1.29, 1.82) is 0 Å². The van der Waals surface area contributed by atoms with Gasteiger partial charge in [-0.05, 0) is 48.9 Å². The summed E-state index contributed by atoms with van der Waals surface area (Å²) in [4.78, 5) is 0. The van der Waals surface area contributed by atoms with E-state index in [0.717, 1.165) is 17.7 Å². The van der Waals surface area contributed by atoms with Gasteiger partial charge in [0.1, 0.15) is 0 Å². The van der Waals surface area contributed by atoms with Gasteiger partial charge >= 0.3 is 6.18 Å². The number of aliphatic hydroxyl groups excluding tert-OH is 1. The number of hydrogen-bond acceptors (Lipinski definition) is 1. The van der Waals surface area contributed by atoms with Gasteiger partial charge in [-0.15, -0.1) is 0 Å². The molecule has 0 amide bonds. The Hall–Kier alpha value is -2.25. The second-order valence-corrected chi connectivity index (χ2v) is 4.63. The molecular weight excluding hydrogens is 277 g/mol. The van der Waals surface area contributed by atoms with Crippen LogP contribution in [0.15, 0.2) is 48.5 Å². The molecule has 1 N–H and O–H groups in total. The quantitative estimate of drug-likeness (QED) is 0.782. The Balaban J connectivity index is 2.21. The van der Waals surface area contributed by atoms with Crippen LogP contribution >= 0.6 is 0 Å². The smallest absolute Gasteiger partial charge is 0.389 e. The third-order valence-electron chi connectivity index (χ3n) is 2.93. The molecule has 0 saturated heterocycles. The van der Waals surface area contributed by atoms with Crippen LogP contribution in [-0.2, 0) is 6.18 Å². The molecule has 4 heteroatoms. The van der Waals surface area contributed by atoms with Crippen LogP contribution in [0.3, 0.4) is 0 Å². The first kappa shape index (κ1) is 15.1. The van der Waals surface area contributed by atoms with E-state index in [2.05, 4.69) is 11.8 Å². The van der Waals surface area contributed by atoms with E-state index in [9.17, 15) is 18.3 Å². The van der Waals surface area contributed by atoms with Crippen LogP contribution < -0.4 is 0 Å². The molecule has 108 valence electrons. The second kappa shape index (κ2) is 6.02. The molecule has 2 aromatic rings. The topological polar surface area (TPSA) is 20.2 Å². The summed E-state index contributed by atoms with van der Waals surface area (Å²) < 4.78 is 37.3. The highest BCUT2D eigenvalue weighted by Crippen LogP contribution is 2.28. The van der Waals surface area contributed by atoms with E-state index >= 15 is 0 Å². The van der Waals surface area contributed by atoms with E-state index in [1.165, 1.54) is 12.1 Å². The molecule has 0 heterocycles. The summed E-state index contributed by atoms with van der Waals surface area (Å²) in [5.41, 5.74) is 1.26. The van der Waals surface area contributed by atoms with Gasteiger partial charge in [-0.2, -0.15) is 13.2 Å². The first-order valence-corrected chi connectivity index (χ1v) is 6.33. The average Bonchev–Trinajstić information content (AvgIpc) is 2.45. The van der Waals surface area contributed by atoms with Gasteiger partial charge in [-0.3, -0.25) is 0 Å². The van der Waals surface area contributed by atoms with Crippen molar-refractivity contribution < 1.29 is 18.3 Å². The number of rotatable bonds is 1. The Kier molecular flexibility index (Phi) is 4.35. The highest BCUT2D eigenvalue weighted by atomic mass is 19.4. The lowest BCUT2D eigenvalue weighted by Crippen LogP contribution is -2.04. The molecule has 2 rings (SSSR count). The van der Waals surface area contributed by atoms with Crippen LogP contribution in [-0.4, -0.2) is 5.11 Å². The van der Waals surface area contributed by atoms with Crippen LogP contribution in [0.5, 0.6) is 0 Å². The molecule has 0 aliphatic heterocycles. The van der Waals surface area contributed by atoms with E-state index in [4.69, 9.17) is 0 Å². The summed E-state index contributed by atoms with van der Waals surface area (Å²) in [6.45, 7) is 1.66. The Morgan fingerprint density at radius 1 is 0.952 bits per heavy atom. The van der Waals surface area contributed by atoms with Crippen LogP contribution in [0.2, 0.25) is 0 Å². The number of hydrogen-bond donors (Lipinski definition) is 1. The van der Waals surface area contributed by atoms with Gasteiger partial charge in [-0.1, -0.05) is 24.0 Å². The fourth-order valence-electron chi connectivity index (χ4n) is 1.76. The van der Waals surface area contributed by atoms with Crippen molar-refractivity contribution in [3.05, 3.63) is 70.8 Å². The molecule has 21 heavy (non-hydrogen) atoms. The SMILES string of the molecule is C[C@H](O)c1cccc(C#Cc2ccc(C(F)(F)F)cc2)c1. The Morgan fingerprint density at radius 2 is 1.57 bits per heavy atom. The van der Waals surface area contributed by atoms with Crippen LogP contribution in [0.1, 0.15) is 35.3 Å². The lowest BCUT2D eigenvalue weighted by molar-refractivity contribution is -0.137. The number of alkyl halides is 3. The van der Waals surface area contributed by atoms with Crippen LogP contribution in [0.4, 0.5) is 13.2 Å². The van der Waals surface area contributed by atoms with Crippen LogP contribution in [0.25, 0.3) is 0 Å². The fraction of sp³-hybridized carbons (Fsp3) is 0.176. The predicted octanol–water partition coefficient (Wildman–Crippen LogP) is 4.16. The van der Waals surface area contributed by atoms with Gasteiger partial charge in [-0.25, -0.2) is 0 Å². The number of aliphatic hydroxyl groups is 1. The van der Waals surface area contributed by atoms with Crippen molar-refractivity contribution in [3.8, 4) is 11.8 Å². The standard InChI is InChI=1S/C17H13F3O/c1-12(21)15-4-2-3-14(11-15)6-5-13-7-9-16(10-8-13)17(18,19)20/h2-4,7-12,21H,1H3/t12-/m0/s1. The molecule has 2 aromatic carbocycles.